The summed E-state index contributed by atoms with van der Waals surface area (Å²) in [6.45, 7) is 5.21. The Morgan fingerprint density at radius 1 is 1.10 bits per heavy atom. The van der Waals surface area contributed by atoms with E-state index in [-0.39, 0.29) is 25.0 Å². The van der Waals surface area contributed by atoms with Crippen molar-refractivity contribution in [1.29, 1.82) is 0 Å². The first-order valence-corrected chi connectivity index (χ1v) is 12.0. The molecule has 1 aromatic carbocycles. The first-order valence-electron chi connectivity index (χ1n) is 10.2. The molecule has 0 radical (unpaired) electrons. The van der Waals surface area contributed by atoms with Gasteiger partial charge in [-0.05, 0) is 56.9 Å². The molecule has 0 unspecified atom stereocenters. The van der Waals surface area contributed by atoms with E-state index in [0.717, 1.165) is 47.4 Å². The molecule has 1 heterocycles. The van der Waals surface area contributed by atoms with Crippen LogP contribution in [0, 0.1) is 13.8 Å². The van der Waals surface area contributed by atoms with Crippen molar-refractivity contribution in [2.24, 2.45) is 0 Å². The standard InChI is InChI=1S/C21H31N3O4S/c1-15-10-16(2)12-18(11-15)24-19(25)13-23(29(4,27)28)14-21(24,3)20(26)22-17-8-6-5-7-9-17/h10-12,17H,5-9,13-14H2,1-4H3,(H,22,26)/t21-/m0/s1. The topological polar surface area (TPSA) is 86.8 Å². The maximum atomic E-state index is 13.4. The molecule has 7 nitrogen and oxygen atoms in total. The summed E-state index contributed by atoms with van der Waals surface area (Å²) >= 11 is 0. The molecule has 0 bridgehead atoms. The fourth-order valence-electron chi connectivity index (χ4n) is 4.47. The third-order valence-corrected chi connectivity index (χ3v) is 7.10. The van der Waals surface area contributed by atoms with Gasteiger partial charge in [0.2, 0.25) is 21.8 Å². The molecule has 2 aliphatic rings. The van der Waals surface area contributed by atoms with Gasteiger partial charge < -0.3 is 5.32 Å². The maximum absolute atomic E-state index is 13.4. The number of nitrogens with one attached hydrogen (secondary N) is 1. The largest absolute Gasteiger partial charge is 0.351 e. The molecule has 160 valence electrons. The minimum Gasteiger partial charge on any atom is -0.351 e. The number of benzene rings is 1. The molecule has 1 aromatic rings. The van der Waals surface area contributed by atoms with E-state index in [1.165, 1.54) is 11.3 Å². The van der Waals surface area contributed by atoms with Gasteiger partial charge in [0.15, 0.2) is 0 Å². The van der Waals surface area contributed by atoms with Crippen molar-refractivity contribution in [3.05, 3.63) is 29.3 Å². The van der Waals surface area contributed by atoms with Crippen molar-refractivity contribution in [1.82, 2.24) is 9.62 Å². The summed E-state index contributed by atoms with van der Waals surface area (Å²) in [6, 6.07) is 5.80. The van der Waals surface area contributed by atoms with Crippen LogP contribution in [0.5, 0.6) is 0 Å². The zero-order chi connectivity index (χ0) is 21.4. The second-order valence-electron chi connectivity index (χ2n) is 8.69. The Kier molecular flexibility index (Phi) is 6.06. The molecule has 1 aliphatic carbocycles. The summed E-state index contributed by atoms with van der Waals surface area (Å²) < 4.78 is 25.5. The van der Waals surface area contributed by atoms with Crippen molar-refractivity contribution >= 4 is 27.5 Å². The van der Waals surface area contributed by atoms with Gasteiger partial charge in [0.1, 0.15) is 5.54 Å². The SMILES string of the molecule is Cc1cc(C)cc(N2C(=O)CN(S(C)(=O)=O)C[C@@]2(C)C(=O)NC2CCCCC2)c1. The third-order valence-electron chi connectivity index (χ3n) is 5.90. The fourth-order valence-corrected chi connectivity index (χ4v) is 5.30. The monoisotopic (exact) mass is 421 g/mol. The molecular weight excluding hydrogens is 390 g/mol. The van der Waals surface area contributed by atoms with Crippen LogP contribution in [0.15, 0.2) is 18.2 Å². The average molecular weight is 422 g/mol. The summed E-state index contributed by atoms with van der Waals surface area (Å²) in [5.41, 5.74) is 1.26. The number of aryl methyl sites for hydroxylation is 2. The Hall–Kier alpha value is -1.93. The van der Waals surface area contributed by atoms with E-state index in [1.54, 1.807) is 6.92 Å². The van der Waals surface area contributed by atoms with Crippen molar-refractivity contribution in [3.8, 4) is 0 Å². The van der Waals surface area contributed by atoms with Gasteiger partial charge in [0.25, 0.3) is 0 Å². The highest BCUT2D eigenvalue weighted by Crippen LogP contribution is 2.32. The number of hydrogen-bond donors (Lipinski definition) is 1. The summed E-state index contributed by atoms with van der Waals surface area (Å²) in [7, 11) is -3.61. The van der Waals surface area contributed by atoms with E-state index in [4.69, 9.17) is 0 Å². The van der Waals surface area contributed by atoms with Crippen molar-refractivity contribution in [2.45, 2.75) is 64.5 Å². The highest BCUT2D eigenvalue weighted by molar-refractivity contribution is 7.88. The van der Waals surface area contributed by atoms with Crippen LogP contribution in [0.1, 0.15) is 50.2 Å². The van der Waals surface area contributed by atoms with Crippen LogP contribution >= 0.6 is 0 Å². The van der Waals surface area contributed by atoms with Crippen molar-refractivity contribution < 1.29 is 18.0 Å². The van der Waals surface area contributed by atoms with Crippen molar-refractivity contribution in [2.75, 3.05) is 24.2 Å². The lowest BCUT2D eigenvalue weighted by Gasteiger charge is -2.47. The van der Waals surface area contributed by atoms with Crippen LogP contribution in [0.4, 0.5) is 5.69 Å². The molecule has 1 saturated heterocycles. The lowest BCUT2D eigenvalue weighted by Crippen LogP contribution is -2.70. The third kappa shape index (κ3) is 4.64. The molecule has 1 aliphatic heterocycles. The second-order valence-corrected chi connectivity index (χ2v) is 10.7. The lowest BCUT2D eigenvalue weighted by molar-refractivity contribution is -0.133. The summed E-state index contributed by atoms with van der Waals surface area (Å²) in [6.07, 6.45) is 6.20. The Morgan fingerprint density at radius 3 is 2.24 bits per heavy atom. The van der Waals surface area contributed by atoms with Gasteiger partial charge in [-0.3, -0.25) is 14.5 Å². The number of sulfonamides is 1. The Bertz CT molecular complexity index is 888. The Balaban J connectivity index is 2.01. The normalized spacial score (nSPS) is 24.6. The van der Waals surface area contributed by atoms with Gasteiger partial charge in [-0.2, -0.15) is 4.31 Å². The van der Waals surface area contributed by atoms with Gasteiger partial charge in [0.05, 0.1) is 12.8 Å². The molecule has 2 fully saturated rings. The first-order chi connectivity index (χ1) is 13.5. The van der Waals surface area contributed by atoms with Crippen LogP contribution in [-0.4, -0.2) is 55.5 Å². The van der Waals surface area contributed by atoms with Crippen LogP contribution < -0.4 is 10.2 Å². The molecule has 1 N–H and O–H groups in total. The molecule has 0 aromatic heterocycles. The molecular formula is C21H31N3O4S. The fraction of sp³-hybridized carbons (Fsp3) is 0.619. The smallest absolute Gasteiger partial charge is 0.247 e. The van der Waals surface area contributed by atoms with E-state index in [1.807, 2.05) is 32.0 Å². The van der Waals surface area contributed by atoms with E-state index in [9.17, 15) is 18.0 Å². The Morgan fingerprint density at radius 2 is 1.69 bits per heavy atom. The molecule has 3 rings (SSSR count). The number of rotatable bonds is 4. The van der Waals surface area contributed by atoms with Crippen LogP contribution in [-0.2, 0) is 19.6 Å². The highest BCUT2D eigenvalue weighted by atomic mass is 32.2. The number of piperazine rings is 1. The van der Waals surface area contributed by atoms with Crippen LogP contribution in [0.25, 0.3) is 0 Å². The van der Waals surface area contributed by atoms with Gasteiger partial charge >= 0.3 is 0 Å². The molecule has 2 amide bonds. The Labute approximate surface area is 173 Å². The zero-order valence-electron chi connectivity index (χ0n) is 17.7. The summed E-state index contributed by atoms with van der Waals surface area (Å²) in [4.78, 5) is 28.1. The lowest BCUT2D eigenvalue weighted by atomic mass is 9.91. The summed E-state index contributed by atoms with van der Waals surface area (Å²) in [5, 5.41) is 3.10. The average Bonchev–Trinajstić information content (AvgIpc) is 2.60. The van der Waals surface area contributed by atoms with E-state index in [2.05, 4.69) is 5.32 Å². The van der Waals surface area contributed by atoms with Gasteiger partial charge in [-0.25, -0.2) is 8.42 Å². The van der Waals surface area contributed by atoms with E-state index >= 15 is 0 Å². The quantitative estimate of drug-likeness (QED) is 0.807. The predicted octanol–water partition coefficient (Wildman–Crippen LogP) is 2.12. The van der Waals surface area contributed by atoms with Crippen LogP contribution in [0.3, 0.4) is 0 Å². The van der Waals surface area contributed by atoms with E-state index in [0.29, 0.717) is 5.69 Å². The molecule has 8 heteroatoms. The minimum absolute atomic E-state index is 0.0664. The number of amides is 2. The van der Waals surface area contributed by atoms with Gasteiger partial charge in [-0.15, -0.1) is 0 Å². The maximum Gasteiger partial charge on any atom is 0.247 e. The predicted molar refractivity (Wildman–Crippen MR) is 113 cm³/mol. The van der Waals surface area contributed by atoms with Gasteiger partial charge in [0, 0.05) is 18.3 Å². The number of carbonyl (C=O) groups is 2. The molecule has 1 saturated carbocycles. The first kappa shape index (κ1) is 21.8. The number of nitrogens with zero attached hydrogens (tertiary/aromatic N) is 2. The molecule has 1 atom stereocenters. The van der Waals surface area contributed by atoms with E-state index < -0.39 is 21.5 Å². The number of anilines is 1. The number of carbonyl (C=O) groups excluding carboxylic acids is 2. The molecule has 29 heavy (non-hydrogen) atoms. The van der Waals surface area contributed by atoms with Crippen LogP contribution in [0.2, 0.25) is 0 Å². The number of hydrogen-bond acceptors (Lipinski definition) is 4. The minimum atomic E-state index is -3.61. The van der Waals surface area contributed by atoms with Crippen molar-refractivity contribution in [3.63, 3.8) is 0 Å². The second kappa shape index (κ2) is 8.07. The summed E-state index contributed by atoms with van der Waals surface area (Å²) in [5.74, 6) is -0.696. The van der Waals surface area contributed by atoms with Gasteiger partial charge in [-0.1, -0.05) is 25.3 Å². The molecule has 0 spiro atoms. The highest BCUT2D eigenvalue weighted by Gasteiger charge is 2.50. The zero-order valence-corrected chi connectivity index (χ0v) is 18.5.